The lowest BCUT2D eigenvalue weighted by Crippen LogP contribution is -2.39. The summed E-state index contributed by atoms with van der Waals surface area (Å²) in [6, 6.07) is 20.5. The molecule has 0 spiro atoms. The van der Waals surface area contributed by atoms with Crippen LogP contribution in [0.15, 0.2) is 76.5 Å². The highest BCUT2D eigenvalue weighted by Gasteiger charge is 2.34. The zero-order valence-corrected chi connectivity index (χ0v) is 21.2. The first-order valence-corrected chi connectivity index (χ1v) is 13.2. The molecule has 6 nitrogen and oxygen atoms in total. The number of hydrogen-bond donors (Lipinski definition) is 2. The van der Waals surface area contributed by atoms with Crippen molar-refractivity contribution in [2.24, 2.45) is 0 Å². The van der Waals surface area contributed by atoms with E-state index in [2.05, 4.69) is 10.6 Å². The lowest BCUT2D eigenvalue weighted by Gasteiger charge is -2.29. The second-order valence-electron chi connectivity index (χ2n) is 9.02. The summed E-state index contributed by atoms with van der Waals surface area (Å²) in [5, 5.41) is 6.14. The smallest absolute Gasteiger partial charge is 0.259 e. The average molecular weight is 520 g/mol. The minimum atomic E-state index is -0.317. The van der Waals surface area contributed by atoms with Crippen LogP contribution in [0.4, 0.5) is 11.4 Å². The number of halogens is 1. The third-order valence-electron chi connectivity index (χ3n) is 6.47. The molecule has 0 bridgehead atoms. The Morgan fingerprint density at radius 3 is 2.47 bits per heavy atom. The summed E-state index contributed by atoms with van der Waals surface area (Å²) < 4.78 is 0. The van der Waals surface area contributed by atoms with Crippen LogP contribution < -0.4 is 15.5 Å². The van der Waals surface area contributed by atoms with E-state index in [1.807, 2.05) is 47.4 Å². The molecule has 2 N–H and O–H groups in total. The van der Waals surface area contributed by atoms with Gasteiger partial charge in [0.05, 0.1) is 24.2 Å². The maximum Gasteiger partial charge on any atom is 0.259 e. The van der Waals surface area contributed by atoms with Gasteiger partial charge in [0.1, 0.15) is 0 Å². The van der Waals surface area contributed by atoms with Crippen molar-refractivity contribution in [2.75, 3.05) is 16.8 Å². The Labute approximate surface area is 219 Å². The summed E-state index contributed by atoms with van der Waals surface area (Å²) >= 11 is 7.42. The van der Waals surface area contributed by atoms with Gasteiger partial charge in [-0.25, -0.2) is 0 Å². The molecule has 0 atom stereocenters. The monoisotopic (exact) mass is 519 g/mol. The van der Waals surface area contributed by atoms with Crippen molar-refractivity contribution in [3.63, 3.8) is 0 Å². The number of anilines is 2. The van der Waals surface area contributed by atoms with E-state index in [0.717, 1.165) is 46.7 Å². The Morgan fingerprint density at radius 2 is 1.69 bits per heavy atom. The van der Waals surface area contributed by atoms with Gasteiger partial charge in [0.25, 0.3) is 5.91 Å². The number of benzene rings is 3. The summed E-state index contributed by atoms with van der Waals surface area (Å²) in [5.41, 5.74) is 3.03. The van der Waals surface area contributed by atoms with Crippen molar-refractivity contribution in [3.05, 3.63) is 82.9 Å². The molecule has 184 valence electrons. The molecule has 5 rings (SSSR count). The van der Waals surface area contributed by atoms with Crippen molar-refractivity contribution >= 4 is 52.5 Å². The Balaban J connectivity index is 1.29. The largest absolute Gasteiger partial charge is 0.347 e. The number of carbonyl (C=O) groups excluding carboxylic acids is 3. The molecule has 36 heavy (non-hydrogen) atoms. The van der Waals surface area contributed by atoms with Gasteiger partial charge in [-0.05, 0) is 60.9 Å². The summed E-state index contributed by atoms with van der Waals surface area (Å²) in [4.78, 5) is 42.1. The Bertz CT molecular complexity index is 1310. The van der Waals surface area contributed by atoms with Crippen LogP contribution in [0.1, 0.15) is 41.6 Å². The van der Waals surface area contributed by atoms with E-state index in [0.29, 0.717) is 16.3 Å². The predicted molar refractivity (Wildman–Crippen MR) is 143 cm³/mol. The van der Waals surface area contributed by atoms with E-state index in [-0.39, 0.29) is 36.7 Å². The molecule has 1 fully saturated rings. The van der Waals surface area contributed by atoms with Crippen LogP contribution in [0.2, 0.25) is 5.02 Å². The normalized spacial score (nSPS) is 15.1. The maximum atomic E-state index is 13.5. The minimum absolute atomic E-state index is 0.0314. The van der Waals surface area contributed by atoms with E-state index < -0.39 is 0 Å². The van der Waals surface area contributed by atoms with E-state index in [4.69, 9.17) is 11.6 Å². The molecule has 1 aliphatic heterocycles. The Hall–Kier alpha value is -3.29. The molecule has 0 saturated heterocycles. The number of nitrogens with one attached hydrogen (secondary N) is 2. The van der Waals surface area contributed by atoms with Crippen molar-refractivity contribution in [2.45, 2.75) is 47.9 Å². The molecule has 1 aliphatic carbocycles. The number of amides is 3. The second-order valence-corrected chi connectivity index (χ2v) is 10.5. The highest BCUT2D eigenvalue weighted by Crippen LogP contribution is 2.44. The summed E-state index contributed by atoms with van der Waals surface area (Å²) in [6.07, 6.45) is 4.40. The Morgan fingerprint density at radius 1 is 0.944 bits per heavy atom. The van der Waals surface area contributed by atoms with E-state index in [1.165, 1.54) is 11.8 Å². The van der Waals surface area contributed by atoms with Gasteiger partial charge in [0.15, 0.2) is 0 Å². The van der Waals surface area contributed by atoms with Crippen molar-refractivity contribution in [3.8, 4) is 0 Å². The molecule has 1 heterocycles. The van der Waals surface area contributed by atoms with Crippen LogP contribution in [-0.4, -0.2) is 30.3 Å². The first kappa shape index (κ1) is 24.4. The fourth-order valence-corrected chi connectivity index (χ4v) is 5.95. The van der Waals surface area contributed by atoms with Gasteiger partial charge < -0.3 is 15.5 Å². The van der Waals surface area contributed by atoms with Gasteiger partial charge in [-0.3, -0.25) is 14.4 Å². The fourth-order valence-electron chi connectivity index (χ4n) is 4.72. The molecule has 3 amide bonds. The van der Waals surface area contributed by atoms with Crippen LogP contribution in [0.3, 0.4) is 0 Å². The van der Waals surface area contributed by atoms with Gasteiger partial charge >= 0.3 is 0 Å². The van der Waals surface area contributed by atoms with Gasteiger partial charge in [-0.2, -0.15) is 0 Å². The number of nitrogens with zero attached hydrogens (tertiary/aromatic N) is 1. The molecule has 0 unspecified atom stereocenters. The quantitative estimate of drug-likeness (QED) is 0.438. The predicted octanol–water partition coefficient (Wildman–Crippen LogP) is 5.69. The molecule has 0 radical (unpaired) electrons. The highest BCUT2D eigenvalue weighted by molar-refractivity contribution is 7.99. The zero-order chi connectivity index (χ0) is 25.1. The first-order valence-electron chi connectivity index (χ1n) is 12.0. The lowest BCUT2D eigenvalue weighted by molar-refractivity contribution is -0.123. The number of fused-ring (bicyclic) bond motifs is 2. The van der Waals surface area contributed by atoms with Crippen molar-refractivity contribution in [1.29, 1.82) is 0 Å². The molecule has 1 saturated carbocycles. The zero-order valence-electron chi connectivity index (χ0n) is 19.6. The van der Waals surface area contributed by atoms with E-state index >= 15 is 0 Å². The van der Waals surface area contributed by atoms with Gasteiger partial charge in [-0.1, -0.05) is 60.5 Å². The fraction of sp³-hybridized carbons (Fsp3) is 0.250. The summed E-state index contributed by atoms with van der Waals surface area (Å²) in [7, 11) is 0. The van der Waals surface area contributed by atoms with Crippen molar-refractivity contribution in [1.82, 2.24) is 5.32 Å². The molecule has 8 heteroatoms. The highest BCUT2D eigenvalue weighted by atomic mass is 35.5. The standard InChI is InChI=1S/C28H26ClN3O3S/c29-19-11-9-18(10-12-19)15-26(33)30-17-27(34)31-20-13-14-23-25(16-20)36-24-8-4-3-7-22(24)28(35)32(23)21-5-1-2-6-21/h3-4,7-14,16,21H,1-2,5-6,15,17H2,(H,30,33)(H,31,34). The molecule has 3 aromatic rings. The molecular weight excluding hydrogens is 494 g/mol. The molecule has 3 aromatic carbocycles. The lowest BCUT2D eigenvalue weighted by atomic mass is 10.1. The maximum absolute atomic E-state index is 13.5. The van der Waals surface area contributed by atoms with Gasteiger partial charge in [-0.15, -0.1) is 0 Å². The van der Waals surface area contributed by atoms with E-state index in [9.17, 15) is 14.4 Å². The number of hydrogen-bond acceptors (Lipinski definition) is 4. The number of carbonyl (C=O) groups is 3. The molecular formula is C28H26ClN3O3S. The minimum Gasteiger partial charge on any atom is -0.347 e. The van der Waals surface area contributed by atoms with Gasteiger partial charge in [0.2, 0.25) is 11.8 Å². The van der Waals surface area contributed by atoms with Crippen LogP contribution in [0, 0.1) is 0 Å². The van der Waals surface area contributed by atoms with Crippen LogP contribution >= 0.6 is 23.4 Å². The number of rotatable bonds is 6. The third-order valence-corrected chi connectivity index (χ3v) is 7.85. The summed E-state index contributed by atoms with van der Waals surface area (Å²) in [5.74, 6) is -0.529. The second kappa shape index (κ2) is 10.8. The topological polar surface area (TPSA) is 78.5 Å². The van der Waals surface area contributed by atoms with Crippen LogP contribution in [-0.2, 0) is 16.0 Å². The molecule has 0 aromatic heterocycles. The molecule has 2 aliphatic rings. The van der Waals surface area contributed by atoms with Crippen molar-refractivity contribution < 1.29 is 14.4 Å². The van der Waals surface area contributed by atoms with Crippen LogP contribution in [0.25, 0.3) is 0 Å². The average Bonchev–Trinajstić information content (AvgIpc) is 3.36. The van der Waals surface area contributed by atoms with Gasteiger partial charge in [0, 0.05) is 26.5 Å². The SMILES string of the molecule is O=C(Cc1ccc(Cl)cc1)NCC(=O)Nc1ccc2c(c1)Sc1ccccc1C(=O)N2C1CCCC1. The Kier molecular flexibility index (Phi) is 7.30. The first-order chi connectivity index (χ1) is 17.5. The third kappa shape index (κ3) is 5.42. The summed E-state index contributed by atoms with van der Waals surface area (Å²) in [6.45, 7) is -0.133. The van der Waals surface area contributed by atoms with Crippen LogP contribution in [0.5, 0.6) is 0 Å². The van der Waals surface area contributed by atoms with E-state index in [1.54, 1.807) is 24.3 Å².